The Morgan fingerprint density at radius 3 is 2.92 bits per heavy atom. The molecule has 1 saturated heterocycles. The van der Waals surface area contributed by atoms with Gasteiger partial charge < -0.3 is 15.0 Å². The van der Waals surface area contributed by atoms with Crippen molar-refractivity contribution >= 4 is 23.4 Å². The highest BCUT2D eigenvalue weighted by molar-refractivity contribution is 6.31. The molecular weight excluding hydrogens is 354 g/mol. The third-order valence-corrected chi connectivity index (χ3v) is 4.75. The highest BCUT2D eigenvalue weighted by Crippen LogP contribution is 2.18. The topological polar surface area (TPSA) is 71.4 Å². The maximum Gasteiger partial charge on any atom is 0.320 e. The number of ether oxygens (including phenoxy) is 1. The van der Waals surface area contributed by atoms with Gasteiger partial charge in [0.15, 0.2) is 0 Å². The molecule has 8 heteroatoms. The minimum Gasteiger partial charge on any atom is -0.375 e. The number of benzene rings is 1. The second kappa shape index (κ2) is 8.53. The molecule has 7 nitrogen and oxygen atoms in total. The molecular formula is C18H24ClN5O2. The Hall–Kier alpha value is -2.09. The number of amides is 2. The molecule has 140 valence electrons. The van der Waals surface area contributed by atoms with Crippen molar-refractivity contribution in [1.29, 1.82) is 0 Å². The van der Waals surface area contributed by atoms with E-state index in [2.05, 4.69) is 20.6 Å². The highest BCUT2D eigenvalue weighted by Gasteiger charge is 2.32. The standard InChI is InChI=1S/C18H24ClN5O2/c1-3-26-16-12-23(2)11-15(16)21-18(25)22-17-8-9-20-24(17)10-13-6-4-5-7-14(13)19/h4-9,15-16H,3,10-12H2,1-2H3,(H2,21,22,25)/t15-,16-/m1/s1. The third kappa shape index (κ3) is 4.55. The van der Waals surface area contributed by atoms with Crippen LogP contribution in [-0.4, -0.2) is 59.6 Å². The molecule has 2 heterocycles. The van der Waals surface area contributed by atoms with Gasteiger partial charge in [0.25, 0.3) is 0 Å². The van der Waals surface area contributed by atoms with Gasteiger partial charge in [-0.25, -0.2) is 9.48 Å². The quantitative estimate of drug-likeness (QED) is 0.811. The number of likely N-dealkylation sites (tertiary alicyclic amines) is 1. The van der Waals surface area contributed by atoms with Gasteiger partial charge in [0, 0.05) is 30.8 Å². The van der Waals surface area contributed by atoms with E-state index in [1.807, 2.05) is 38.2 Å². The monoisotopic (exact) mass is 377 g/mol. The lowest BCUT2D eigenvalue weighted by atomic mass is 10.2. The van der Waals surface area contributed by atoms with E-state index in [0.29, 0.717) is 24.0 Å². The van der Waals surface area contributed by atoms with E-state index in [4.69, 9.17) is 16.3 Å². The first kappa shape index (κ1) is 18.7. The summed E-state index contributed by atoms with van der Waals surface area (Å²) in [5.41, 5.74) is 0.940. The molecule has 1 aliphatic heterocycles. The van der Waals surface area contributed by atoms with Crippen molar-refractivity contribution in [2.45, 2.75) is 25.6 Å². The van der Waals surface area contributed by atoms with E-state index in [9.17, 15) is 4.79 Å². The first-order valence-electron chi connectivity index (χ1n) is 8.69. The molecule has 1 aromatic carbocycles. The zero-order valence-corrected chi connectivity index (χ0v) is 15.7. The fourth-order valence-electron chi connectivity index (χ4n) is 3.16. The lowest BCUT2D eigenvalue weighted by Crippen LogP contribution is -2.46. The van der Waals surface area contributed by atoms with Gasteiger partial charge in [0.2, 0.25) is 0 Å². The SMILES string of the molecule is CCO[C@@H]1CN(C)C[C@H]1NC(=O)Nc1ccnn1Cc1ccccc1Cl. The summed E-state index contributed by atoms with van der Waals surface area (Å²) >= 11 is 6.21. The summed E-state index contributed by atoms with van der Waals surface area (Å²) in [6.45, 7) is 4.64. The van der Waals surface area contributed by atoms with Crippen molar-refractivity contribution in [2.75, 3.05) is 32.1 Å². The third-order valence-electron chi connectivity index (χ3n) is 4.38. The number of nitrogens with zero attached hydrogens (tertiary/aromatic N) is 3. The van der Waals surface area contributed by atoms with E-state index in [-0.39, 0.29) is 18.2 Å². The minimum absolute atomic E-state index is 0.00351. The van der Waals surface area contributed by atoms with Crippen LogP contribution in [0, 0.1) is 0 Å². The summed E-state index contributed by atoms with van der Waals surface area (Å²) in [6.07, 6.45) is 1.66. The van der Waals surface area contributed by atoms with E-state index >= 15 is 0 Å². The lowest BCUT2D eigenvalue weighted by Gasteiger charge is -2.20. The second-order valence-corrected chi connectivity index (χ2v) is 6.79. The maximum absolute atomic E-state index is 12.4. The Morgan fingerprint density at radius 2 is 2.15 bits per heavy atom. The predicted molar refractivity (Wildman–Crippen MR) is 102 cm³/mol. The first-order valence-corrected chi connectivity index (χ1v) is 9.07. The number of carbonyl (C=O) groups excluding carboxylic acids is 1. The van der Waals surface area contributed by atoms with Gasteiger partial charge >= 0.3 is 6.03 Å². The molecule has 0 aliphatic carbocycles. The van der Waals surface area contributed by atoms with Gasteiger partial charge in [-0.1, -0.05) is 29.8 Å². The number of urea groups is 1. The Balaban J connectivity index is 1.62. The molecule has 2 amide bonds. The molecule has 0 saturated carbocycles. The fourth-order valence-corrected chi connectivity index (χ4v) is 3.35. The maximum atomic E-state index is 12.4. The van der Waals surface area contributed by atoms with Gasteiger partial charge in [-0.15, -0.1) is 0 Å². The molecule has 0 radical (unpaired) electrons. The van der Waals surface area contributed by atoms with Crippen LogP contribution in [-0.2, 0) is 11.3 Å². The smallest absolute Gasteiger partial charge is 0.320 e. The van der Waals surface area contributed by atoms with Crippen molar-refractivity contribution in [3.05, 3.63) is 47.1 Å². The number of likely N-dealkylation sites (N-methyl/N-ethyl adjacent to an activating group) is 1. The van der Waals surface area contributed by atoms with Gasteiger partial charge in [0.1, 0.15) is 5.82 Å². The number of hydrogen-bond acceptors (Lipinski definition) is 4. The average molecular weight is 378 g/mol. The molecule has 0 unspecified atom stereocenters. The lowest BCUT2D eigenvalue weighted by molar-refractivity contribution is 0.0568. The number of anilines is 1. The van der Waals surface area contributed by atoms with Crippen LogP contribution in [0.4, 0.5) is 10.6 Å². The molecule has 0 spiro atoms. The number of nitrogens with one attached hydrogen (secondary N) is 2. The molecule has 2 atom stereocenters. The van der Waals surface area contributed by atoms with Crippen molar-refractivity contribution < 1.29 is 9.53 Å². The zero-order chi connectivity index (χ0) is 18.5. The Labute approximate surface area is 158 Å². The molecule has 2 aromatic rings. The molecule has 2 N–H and O–H groups in total. The summed E-state index contributed by atoms with van der Waals surface area (Å²) < 4.78 is 7.43. The summed E-state index contributed by atoms with van der Waals surface area (Å²) in [5.74, 6) is 0.613. The number of hydrogen-bond donors (Lipinski definition) is 2. The van der Waals surface area contributed by atoms with E-state index in [1.54, 1.807) is 16.9 Å². The largest absolute Gasteiger partial charge is 0.375 e. The molecule has 0 bridgehead atoms. The van der Waals surface area contributed by atoms with Crippen molar-refractivity contribution in [3.63, 3.8) is 0 Å². The minimum atomic E-state index is -0.268. The fraction of sp³-hybridized carbons (Fsp3) is 0.444. The zero-order valence-electron chi connectivity index (χ0n) is 15.0. The van der Waals surface area contributed by atoms with Crippen LogP contribution < -0.4 is 10.6 Å². The van der Waals surface area contributed by atoms with E-state index in [1.165, 1.54) is 0 Å². The number of halogens is 1. The van der Waals surface area contributed by atoms with Crippen molar-refractivity contribution in [3.8, 4) is 0 Å². The number of carbonyl (C=O) groups is 1. The first-order chi connectivity index (χ1) is 12.6. The highest BCUT2D eigenvalue weighted by atomic mass is 35.5. The van der Waals surface area contributed by atoms with Gasteiger partial charge in [0.05, 0.1) is 24.9 Å². The van der Waals surface area contributed by atoms with Crippen LogP contribution in [0.15, 0.2) is 36.5 Å². The Bertz CT molecular complexity index is 751. The van der Waals surface area contributed by atoms with Crippen LogP contribution >= 0.6 is 11.6 Å². The van der Waals surface area contributed by atoms with Crippen LogP contribution in [0.3, 0.4) is 0 Å². The molecule has 1 aromatic heterocycles. The number of aromatic nitrogens is 2. The van der Waals surface area contributed by atoms with E-state index < -0.39 is 0 Å². The second-order valence-electron chi connectivity index (χ2n) is 6.39. The molecule has 3 rings (SSSR count). The van der Waals surface area contributed by atoms with Crippen LogP contribution in [0.2, 0.25) is 5.02 Å². The normalized spacial score (nSPS) is 20.3. The Morgan fingerprint density at radius 1 is 1.35 bits per heavy atom. The summed E-state index contributed by atoms with van der Waals surface area (Å²) in [7, 11) is 2.02. The molecule has 1 fully saturated rings. The summed E-state index contributed by atoms with van der Waals surface area (Å²) in [6, 6.07) is 9.04. The average Bonchev–Trinajstić information content (AvgIpc) is 3.16. The molecule has 26 heavy (non-hydrogen) atoms. The van der Waals surface area contributed by atoms with Crippen LogP contribution in [0.5, 0.6) is 0 Å². The van der Waals surface area contributed by atoms with Crippen molar-refractivity contribution in [1.82, 2.24) is 20.0 Å². The van der Waals surface area contributed by atoms with Crippen LogP contribution in [0.1, 0.15) is 12.5 Å². The van der Waals surface area contributed by atoms with Gasteiger partial charge in [-0.05, 0) is 25.6 Å². The summed E-state index contributed by atoms with van der Waals surface area (Å²) in [5, 5.41) is 10.8. The Kier molecular flexibility index (Phi) is 6.13. The van der Waals surface area contributed by atoms with Gasteiger partial charge in [-0.3, -0.25) is 5.32 Å². The predicted octanol–water partition coefficient (Wildman–Crippen LogP) is 2.43. The van der Waals surface area contributed by atoms with E-state index in [0.717, 1.165) is 18.7 Å². The van der Waals surface area contributed by atoms with Crippen molar-refractivity contribution in [2.24, 2.45) is 0 Å². The van der Waals surface area contributed by atoms with Crippen LogP contribution in [0.25, 0.3) is 0 Å². The van der Waals surface area contributed by atoms with Gasteiger partial charge in [-0.2, -0.15) is 5.10 Å². The summed E-state index contributed by atoms with van der Waals surface area (Å²) in [4.78, 5) is 14.6. The number of rotatable bonds is 6. The molecule has 1 aliphatic rings.